The minimum atomic E-state index is -0.984. The lowest BCUT2D eigenvalue weighted by Crippen LogP contribution is -2.36. The van der Waals surface area contributed by atoms with Crippen molar-refractivity contribution in [3.05, 3.63) is 70.7 Å². The van der Waals surface area contributed by atoms with E-state index >= 15 is 0 Å². The fourth-order valence-electron chi connectivity index (χ4n) is 2.51. The number of halogens is 2. The Hall–Kier alpha value is -2.86. The highest BCUT2D eigenvalue weighted by molar-refractivity contribution is 6.31. The van der Waals surface area contributed by atoms with Crippen LogP contribution in [0.3, 0.4) is 0 Å². The van der Waals surface area contributed by atoms with Gasteiger partial charge >= 0.3 is 5.97 Å². The van der Waals surface area contributed by atoms with Gasteiger partial charge < -0.3 is 14.5 Å². The van der Waals surface area contributed by atoms with Crippen LogP contribution in [-0.2, 0) is 16.0 Å². The van der Waals surface area contributed by atoms with Crippen LogP contribution in [0.15, 0.2) is 52.9 Å². The van der Waals surface area contributed by atoms with Gasteiger partial charge in [0.15, 0.2) is 6.10 Å². The van der Waals surface area contributed by atoms with E-state index in [2.05, 4.69) is 5.32 Å². The standard InChI is InChI=1S/C20H17ClFNO4/c1-12(19(24)23-9-8-13-2-5-16(22)6-3-13)26-20(25)18-11-14-10-15(21)4-7-17(14)27-18/h2-7,10-12H,8-9H2,1H3,(H,23,24). The summed E-state index contributed by atoms with van der Waals surface area (Å²) in [5, 5.41) is 3.88. The molecule has 1 atom stereocenters. The number of fused-ring (bicyclic) bond motifs is 1. The fraction of sp³-hybridized carbons (Fsp3) is 0.200. The SMILES string of the molecule is CC(OC(=O)c1cc2cc(Cl)ccc2o1)C(=O)NCCc1ccc(F)cc1. The molecule has 0 aliphatic rings. The highest BCUT2D eigenvalue weighted by Crippen LogP contribution is 2.23. The maximum absolute atomic E-state index is 12.9. The van der Waals surface area contributed by atoms with Gasteiger partial charge in [0.1, 0.15) is 11.4 Å². The van der Waals surface area contributed by atoms with E-state index in [1.54, 1.807) is 30.3 Å². The average Bonchev–Trinajstić information content (AvgIpc) is 3.06. The average molecular weight is 390 g/mol. The van der Waals surface area contributed by atoms with Gasteiger partial charge in [-0.25, -0.2) is 9.18 Å². The van der Waals surface area contributed by atoms with E-state index in [4.69, 9.17) is 20.8 Å². The molecule has 7 heteroatoms. The number of rotatable bonds is 6. The van der Waals surface area contributed by atoms with Crippen LogP contribution >= 0.6 is 11.6 Å². The Morgan fingerprint density at radius 3 is 2.67 bits per heavy atom. The zero-order chi connectivity index (χ0) is 19.4. The Kier molecular flexibility index (Phi) is 5.76. The van der Waals surface area contributed by atoms with Crippen LogP contribution in [0.25, 0.3) is 11.0 Å². The topological polar surface area (TPSA) is 68.5 Å². The molecule has 0 radical (unpaired) electrons. The molecule has 0 spiro atoms. The van der Waals surface area contributed by atoms with Gasteiger partial charge in [0.05, 0.1) is 0 Å². The van der Waals surface area contributed by atoms with Crippen LogP contribution in [0.5, 0.6) is 0 Å². The van der Waals surface area contributed by atoms with Crippen LogP contribution in [0, 0.1) is 5.82 Å². The second-order valence-corrected chi connectivity index (χ2v) is 6.44. The first kappa shape index (κ1) is 18.9. The lowest BCUT2D eigenvalue weighted by molar-refractivity contribution is -0.129. The molecule has 2 aromatic carbocycles. The monoisotopic (exact) mass is 389 g/mol. The van der Waals surface area contributed by atoms with E-state index in [1.807, 2.05) is 0 Å². The van der Waals surface area contributed by atoms with E-state index in [9.17, 15) is 14.0 Å². The number of esters is 1. The molecular formula is C20H17ClFNO4. The van der Waals surface area contributed by atoms with Crippen molar-refractivity contribution in [2.75, 3.05) is 6.54 Å². The molecule has 0 saturated carbocycles. The molecule has 1 heterocycles. The van der Waals surface area contributed by atoms with Gasteiger partial charge in [-0.1, -0.05) is 23.7 Å². The third-order valence-electron chi connectivity index (χ3n) is 3.96. The molecule has 1 N–H and O–H groups in total. The van der Waals surface area contributed by atoms with Crippen LogP contribution in [0.1, 0.15) is 23.0 Å². The first-order chi connectivity index (χ1) is 12.9. The molecular weight excluding hydrogens is 373 g/mol. The van der Waals surface area contributed by atoms with Gasteiger partial charge in [0.2, 0.25) is 5.76 Å². The molecule has 1 aromatic heterocycles. The van der Waals surface area contributed by atoms with Gasteiger partial charge in [-0.2, -0.15) is 0 Å². The number of carbonyl (C=O) groups excluding carboxylic acids is 2. The molecule has 3 aromatic rings. The first-order valence-electron chi connectivity index (χ1n) is 8.34. The Bertz CT molecular complexity index is 968. The van der Waals surface area contributed by atoms with Crippen molar-refractivity contribution in [3.8, 4) is 0 Å². The Morgan fingerprint density at radius 1 is 1.19 bits per heavy atom. The minimum absolute atomic E-state index is 0.00164. The van der Waals surface area contributed by atoms with Gasteiger partial charge in [-0.3, -0.25) is 4.79 Å². The second kappa shape index (κ2) is 8.22. The predicted molar refractivity (Wildman–Crippen MR) is 99.2 cm³/mol. The zero-order valence-electron chi connectivity index (χ0n) is 14.5. The number of amides is 1. The largest absolute Gasteiger partial charge is 0.449 e. The molecule has 5 nitrogen and oxygen atoms in total. The summed E-state index contributed by atoms with van der Waals surface area (Å²) in [6.45, 7) is 1.82. The molecule has 0 fully saturated rings. The van der Waals surface area contributed by atoms with Gasteiger partial charge in [0.25, 0.3) is 5.91 Å². The number of benzene rings is 2. The highest BCUT2D eigenvalue weighted by atomic mass is 35.5. The van der Waals surface area contributed by atoms with E-state index < -0.39 is 18.0 Å². The predicted octanol–water partition coefficient (Wildman–Crippen LogP) is 4.13. The van der Waals surface area contributed by atoms with E-state index in [0.29, 0.717) is 29.0 Å². The molecule has 140 valence electrons. The normalized spacial score (nSPS) is 12.0. The number of ether oxygens (including phenoxy) is 1. The third-order valence-corrected chi connectivity index (χ3v) is 4.19. The van der Waals surface area contributed by atoms with Crippen molar-refractivity contribution < 1.29 is 23.1 Å². The summed E-state index contributed by atoms with van der Waals surface area (Å²) in [6, 6.07) is 12.5. The van der Waals surface area contributed by atoms with Crippen LogP contribution in [-0.4, -0.2) is 24.5 Å². The van der Waals surface area contributed by atoms with Crippen molar-refractivity contribution in [1.29, 1.82) is 0 Å². The van der Waals surface area contributed by atoms with Crippen molar-refractivity contribution in [3.63, 3.8) is 0 Å². The zero-order valence-corrected chi connectivity index (χ0v) is 15.3. The summed E-state index contributed by atoms with van der Waals surface area (Å²) in [4.78, 5) is 24.3. The van der Waals surface area contributed by atoms with E-state index in [-0.39, 0.29) is 11.6 Å². The summed E-state index contributed by atoms with van der Waals surface area (Å²) in [6.07, 6.45) is -0.445. The summed E-state index contributed by atoms with van der Waals surface area (Å²) < 4.78 is 23.4. The Labute approximate surface area is 160 Å². The third kappa shape index (κ3) is 4.86. The Balaban J connectivity index is 1.52. The summed E-state index contributed by atoms with van der Waals surface area (Å²) in [5.41, 5.74) is 1.39. The van der Waals surface area contributed by atoms with Crippen LogP contribution in [0.2, 0.25) is 5.02 Å². The quantitative estimate of drug-likeness (QED) is 0.643. The summed E-state index contributed by atoms with van der Waals surface area (Å²) >= 11 is 5.90. The number of nitrogens with one attached hydrogen (secondary N) is 1. The smallest absolute Gasteiger partial charge is 0.375 e. The molecule has 0 aliphatic heterocycles. The molecule has 27 heavy (non-hydrogen) atoms. The lowest BCUT2D eigenvalue weighted by atomic mass is 10.1. The number of carbonyl (C=O) groups is 2. The second-order valence-electron chi connectivity index (χ2n) is 6.01. The first-order valence-corrected chi connectivity index (χ1v) is 8.72. The van der Waals surface area contributed by atoms with Crippen molar-refractivity contribution in [1.82, 2.24) is 5.32 Å². The number of hydrogen-bond donors (Lipinski definition) is 1. The van der Waals surface area contributed by atoms with Gasteiger partial charge in [0, 0.05) is 17.0 Å². The lowest BCUT2D eigenvalue weighted by Gasteiger charge is -2.12. The highest BCUT2D eigenvalue weighted by Gasteiger charge is 2.21. The van der Waals surface area contributed by atoms with Crippen molar-refractivity contribution >= 4 is 34.4 Å². The maximum atomic E-state index is 12.9. The molecule has 0 saturated heterocycles. The van der Waals surface area contributed by atoms with E-state index in [1.165, 1.54) is 25.1 Å². The minimum Gasteiger partial charge on any atom is -0.449 e. The number of furan rings is 1. The summed E-state index contributed by atoms with van der Waals surface area (Å²) in [5.74, 6) is -1.47. The molecule has 0 aliphatic carbocycles. The van der Waals surface area contributed by atoms with Crippen LogP contribution < -0.4 is 5.32 Å². The van der Waals surface area contributed by atoms with Crippen molar-refractivity contribution in [2.45, 2.75) is 19.4 Å². The summed E-state index contributed by atoms with van der Waals surface area (Å²) in [7, 11) is 0. The Morgan fingerprint density at radius 2 is 1.93 bits per heavy atom. The fourth-order valence-corrected chi connectivity index (χ4v) is 2.69. The van der Waals surface area contributed by atoms with E-state index in [0.717, 1.165) is 5.56 Å². The van der Waals surface area contributed by atoms with Gasteiger partial charge in [-0.15, -0.1) is 0 Å². The number of hydrogen-bond acceptors (Lipinski definition) is 4. The van der Waals surface area contributed by atoms with Crippen molar-refractivity contribution in [2.24, 2.45) is 0 Å². The molecule has 0 bridgehead atoms. The molecule has 1 unspecified atom stereocenters. The molecule has 3 rings (SSSR count). The van der Waals surface area contributed by atoms with Crippen LogP contribution in [0.4, 0.5) is 4.39 Å². The maximum Gasteiger partial charge on any atom is 0.375 e. The van der Waals surface area contributed by atoms with Gasteiger partial charge in [-0.05, 0) is 55.3 Å². The molecule has 1 amide bonds.